The van der Waals surface area contributed by atoms with Crippen molar-refractivity contribution < 1.29 is 14.6 Å². The molecule has 0 bridgehead atoms. The number of amides is 1. The number of carbonyl (C=O) groups excluding carboxylic acids is 1. The molecule has 2 aliphatic rings. The lowest BCUT2D eigenvalue weighted by Crippen LogP contribution is -2.43. The second-order valence-electron chi connectivity index (χ2n) is 9.00. The van der Waals surface area contributed by atoms with Crippen LogP contribution in [0.2, 0.25) is 0 Å². The molecule has 1 saturated carbocycles. The molecule has 0 spiro atoms. The second kappa shape index (κ2) is 9.73. The van der Waals surface area contributed by atoms with Gasteiger partial charge in [0.1, 0.15) is 11.8 Å². The summed E-state index contributed by atoms with van der Waals surface area (Å²) in [7, 11) is 1.61. The standard InChI is InChI=1S/C26H34N2O3/c1-18-9-11-21(12-10-18)25(27-22-14-19(17-29)15-23(16-22)31-2)26(30)28-13-5-8-24(28)20-6-3-4-7-20/h9-12,14-16,20,24-25,27,29H,3-8,13,17H2,1-2H3. The van der Waals surface area contributed by atoms with Crippen LogP contribution >= 0.6 is 0 Å². The number of rotatable bonds is 7. The summed E-state index contributed by atoms with van der Waals surface area (Å²) in [6, 6.07) is 13.7. The van der Waals surface area contributed by atoms with E-state index in [4.69, 9.17) is 4.74 Å². The molecule has 2 atom stereocenters. The number of anilines is 1. The van der Waals surface area contributed by atoms with Gasteiger partial charge in [-0.2, -0.15) is 0 Å². The summed E-state index contributed by atoms with van der Waals surface area (Å²) in [5, 5.41) is 13.1. The van der Waals surface area contributed by atoms with E-state index in [0.717, 1.165) is 36.2 Å². The van der Waals surface area contributed by atoms with E-state index in [1.54, 1.807) is 7.11 Å². The number of methoxy groups -OCH3 is 1. The smallest absolute Gasteiger partial charge is 0.249 e. The molecular weight excluding hydrogens is 388 g/mol. The minimum atomic E-state index is -0.471. The van der Waals surface area contributed by atoms with E-state index in [1.165, 1.54) is 31.2 Å². The zero-order chi connectivity index (χ0) is 21.8. The van der Waals surface area contributed by atoms with Gasteiger partial charge in [0.15, 0.2) is 0 Å². The van der Waals surface area contributed by atoms with E-state index in [2.05, 4.69) is 29.3 Å². The van der Waals surface area contributed by atoms with Crippen LogP contribution in [0.3, 0.4) is 0 Å². The van der Waals surface area contributed by atoms with Crippen molar-refractivity contribution in [2.45, 2.75) is 64.1 Å². The van der Waals surface area contributed by atoms with E-state index in [9.17, 15) is 9.90 Å². The maximum atomic E-state index is 13.9. The summed E-state index contributed by atoms with van der Waals surface area (Å²) in [4.78, 5) is 16.0. The van der Waals surface area contributed by atoms with E-state index < -0.39 is 6.04 Å². The van der Waals surface area contributed by atoms with Crippen LogP contribution in [0.25, 0.3) is 0 Å². The molecule has 1 aliphatic carbocycles. The van der Waals surface area contributed by atoms with Crippen LogP contribution in [-0.2, 0) is 11.4 Å². The molecule has 5 heteroatoms. The van der Waals surface area contributed by atoms with Crippen molar-refractivity contribution in [1.29, 1.82) is 0 Å². The lowest BCUT2D eigenvalue weighted by Gasteiger charge is -2.33. The Kier molecular flexibility index (Phi) is 6.81. The first-order valence-electron chi connectivity index (χ1n) is 11.5. The molecule has 4 rings (SSSR count). The van der Waals surface area contributed by atoms with Gasteiger partial charge in [0.2, 0.25) is 5.91 Å². The third-order valence-electron chi connectivity index (χ3n) is 6.88. The van der Waals surface area contributed by atoms with Crippen molar-refractivity contribution in [3.8, 4) is 5.75 Å². The number of likely N-dealkylation sites (tertiary alicyclic amines) is 1. The van der Waals surface area contributed by atoms with Crippen molar-refractivity contribution in [1.82, 2.24) is 4.90 Å². The number of carbonyl (C=O) groups is 1. The normalized spacial score (nSPS) is 20.1. The molecular formula is C26H34N2O3. The SMILES string of the molecule is COc1cc(CO)cc(NC(C(=O)N2CCCC2C2CCCC2)c2ccc(C)cc2)c1. The van der Waals surface area contributed by atoms with Gasteiger partial charge < -0.3 is 20.1 Å². The average molecular weight is 423 g/mol. The fourth-order valence-corrected chi connectivity index (χ4v) is 5.23. The number of hydrogen-bond acceptors (Lipinski definition) is 4. The summed E-state index contributed by atoms with van der Waals surface area (Å²) in [5.74, 6) is 1.45. The molecule has 1 heterocycles. The minimum absolute atomic E-state index is 0.0785. The van der Waals surface area contributed by atoms with E-state index in [0.29, 0.717) is 17.7 Å². The molecule has 0 aromatic heterocycles. The zero-order valence-electron chi connectivity index (χ0n) is 18.6. The molecule has 1 saturated heterocycles. The number of aryl methyl sites for hydroxylation is 1. The minimum Gasteiger partial charge on any atom is -0.497 e. The topological polar surface area (TPSA) is 61.8 Å². The Labute approximate surface area is 185 Å². The highest BCUT2D eigenvalue weighted by Gasteiger charge is 2.38. The lowest BCUT2D eigenvalue weighted by molar-refractivity contribution is -0.133. The van der Waals surface area contributed by atoms with Crippen molar-refractivity contribution in [3.05, 3.63) is 59.2 Å². The predicted octanol–water partition coefficient (Wildman–Crippen LogP) is 4.83. The monoisotopic (exact) mass is 422 g/mol. The lowest BCUT2D eigenvalue weighted by atomic mass is 9.95. The Morgan fingerprint density at radius 2 is 1.87 bits per heavy atom. The van der Waals surface area contributed by atoms with Crippen LogP contribution in [0.5, 0.6) is 5.75 Å². The summed E-state index contributed by atoms with van der Waals surface area (Å²) in [5.41, 5.74) is 3.66. The Morgan fingerprint density at radius 3 is 2.55 bits per heavy atom. The molecule has 1 amide bonds. The Bertz CT molecular complexity index is 868. The van der Waals surface area contributed by atoms with Gasteiger partial charge in [-0.25, -0.2) is 0 Å². The zero-order valence-corrected chi connectivity index (χ0v) is 18.6. The molecule has 0 radical (unpaired) electrons. The average Bonchev–Trinajstić information content (AvgIpc) is 3.49. The number of ether oxygens (including phenoxy) is 1. The highest BCUT2D eigenvalue weighted by Crippen LogP contribution is 2.37. The summed E-state index contributed by atoms with van der Waals surface area (Å²) in [6.07, 6.45) is 7.26. The second-order valence-corrected chi connectivity index (χ2v) is 9.00. The van der Waals surface area contributed by atoms with Gasteiger partial charge in [0.25, 0.3) is 0 Å². The number of aliphatic hydroxyl groups is 1. The Morgan fingerprint density at radius 1 is 1.13 bits per heavy atom. The highest BCUT2D eigenvalue weighted by atomic mass is 16.5. The van der Waals surface area contributed by atoms with Gasteiger partial charge in [-0.15, -0.1) is 0 Å². The maximum absolute atomic E-state index is 13.9. The Hall–Kier alpha value is -2.53. The predicted molar refractivity (Wildman–Crippen MR) is 123 cm³/mol. The van der Waals surface area contributed by atoms with Crippen LogP contribution in [0.4, 0.5) is 5.69 Å². The molecule has 2 aromatic rings. The fraction of sp³-hybridized carbons (Fsp3) is 0.500. The Balaban J connectivity index is 1.64. The van der Waals surface area contributed by atoms with Gasteiger partial charge in [-0.3, -0.25) is 4.79 Å². The summed E-state index contributed by atoms with van der Waals surface area (Å²) in [6.45, 7) is 2.81. The van der Waals surface area contributed by atoms with Crippen LogP contribution < -0.4 is 10.1 Å². The molecule has 5 nitrogen and oxygen atoms in total. The van der Waals surface area contributed by atoms with E-state index in [1.807, 2.05) is 30.3 Å². The summed E-state index contributed by atoms with van der Waals surface area (Å²) < 4.78 is 5.40. The first kappa shape index (κ1) is 21.7. The summed E-state index contributed by atoms with van der Waals surface area (Å²) >= 11 is 0. The van der Waals surface area contributed by atoms with E-state index in [-0.39, 0.29) is 12.5 Å². The van der Waals surface area contributed by atoms with Crippen molar-refractivity contribution in [3.63, 3.8) is 0 Å². The maximum Gasteiger partial charge on any atom is 0.249 e. The van der Waals surface area contributed by atoms with Gasteiger partial charge in [-0.1, -0.05) is 42.7 Å². The van der Waals surface area contributed by atoms with Gasteiger partial charge >= 0.3 is 0 Å². The molecule has 2 aromatic carbocycles. The number of benzene rings is 2. The third-order valence-corrected chi connectivity index (χ3v) is 6.88. The fourth-order valence-electron chi connectivity index (χ4n) is 5.23. The number of hydrogen-bond donors (Lipinski definition) is 2. The molecule has 31 heavy (non-hydrogen) atoms. The van der Waals surface area contributed by atoms with Crippen LogP contribution in [0.1, 0.15) is 61.3 Å². The third kappa shape index (κ3) is 4.87. The molecule has 2 N–H and O–H groups in total. The molecule has 2 fully saturated rings. The van der Waals surface area contributed by atoms with Crippen LogP contribution in [-0.4, -0.2) is 35.6 Å². The first-order chi connectivity index (χ1) is 15.1. The number of nitrogens with zero attached hydrogens (tertiary/aromatic N) is 1. The quantitative estimate of drug-likeness (QED) is 0.671. The van der Waals surface area contributed by atoms with Gasteiger partial charge in [0.05, 0.1) is 13.7 Å². The van der Waals surface area contributed by atoms with Crippen LogP contribution in [0.15, 0.2) is 42.5 Å². The van der Waals surface area contributed by atoms with Crippen molar-refractivity contribution in [2.24, 2.45) is 5.92 Å². The largest absolute Gasteiger partial charge is 0.497 e. The molecule has 1 aliphatic heterocycles. The molecule has 2 unspecified atom stereocenters. The number of nitrogens with one attached hydrogen (secondary N) is 1. The van der Waals surface area contributed by atoms with Crippen molar-refractivity contribution in [2.75, 3.05) is 19.0 Å². The van der Waals surface area contributed by atoms with Gasteiger partial charge in [0, 0.05) is 24.3 Å². The van der Waals surface area contributed by atoms with Gasteiger partial charge in [-0.05, 0) is 61.8 Å². The van der Waals surface area contributed by atoms with Crippen LogP contribution in [0, 0.1) is 12.8 Å². The first-order valence-corrected chi connectivity index (χ1v) is 11.5. The number of aliphatic hydroxyl groups excluding tert-OH is 1. The van der Waals surface area contributed by atoms with E-state index >= 15 is 0 Å². The molecule has 166 valence electrons. The highest BCUT2D eigenvalue weighted by molar-refractivity contribution is 5.87. The van der Waals surface area contributed by atoms with Crippen molar-refractivity contribution >= 4 is 11.6 Å².